The molecule has 6 heteroatoms. The van der Waals surface area contributed by atoms with E-state index in [0.717, 1.165) is 37.3 Å². The number of aromatic nitrogens is 3. The molecule has 0 saturated carbocycles. The number of aliphatic imine (C=N–C) groups is 1. The Hall–Kier alpha value is -1.95. The Morgan fingerprint density at radius 1 is 1.28 bits per heavy atom. The van der Waals surface area contributed by atoms with Crippen LogP contribution < -0.4 is 0 Å². The van der Waals surface area contributed by atoms with E-state index < -0.39 is 0 Å². The van der Waals surface area contributed by atoms with Gasteiger partial charge >= 0.3 is 0 Å². The fourth-order valence-corrected chi connectivity index (χ4v) is 1.94. The van der Waals surface area contributed by atoms with Crippen molar-refractivity contribution in [3.05, 3.63) is 24.3 Å². The van der Waals surface area contributed by atoms with Crippen molar-refractivity contribution in [2.75, 3.05) is 26.3 Å². The van der Waals surface area contributed by atoms with Gasteiger partial charge in [0, 0.05) is 13.1 Å². The van der Waals surface area contributed by atoms with Crippen LogP contribution in [0.15, 0.2) is 29.3 Å². The van der Waals surface area contributed by atoms with Gasteiger partial charge in [-0.3, -0.25) is 4.99 Å². The molecule has 1 aromatic heterocycles. The molecule has 0 bridgehead atoms. The highest BCUT2D eigenvalue weighted by atomic mass is 16.5. The van der Waals surface area contributed by atoms with Crippen molar-refractivity contribution in [1.82, 2.24) is 19.9 Å². The molecule has 94 valence electrons. The zero-order valence-corrected chi connectivity index (χ0v) is 10.1. The minimum atomic E-state index is 0.498. The maximum Gasteiger partial charge on any atom is 0.135 e. The van der Waals surface area contributed by atoms with Gasteiger partial charge in [0.1, 0.15) is 12.2 Å². The lowest BCUT2D eigenvalue weighted by atomic mass is 10.3. The Balaban J connectivity index is 1.67. The van der Waals surface area contributed by atoms with Crippen molar-refractivity contribution in [3.8, 4) is 0 Å². The van der Waals surface area contributed by atoms with Crippen LogP contribution in [0.25, 0.3) is 11.0 Å². The van der Waals surface area contributed by atoms with Crippen LogP contribution in [0.5, 0.6) is 0 Å². The summed E-state index contributed by atoms with van der Waals surface area (Å²) in [4.78, 5) is 6.55. The minimum Gasteiger partial charge on any atom is -0.378 e. The summed E-state index contributed by atoms with van der Waals surface area (Å²) >= 11 is 0. The van der Waals surface area contributed by atoms with E-state index in [-0.39, 0.29) is 0 Å². The standard InChI is InChI=1S/C12H15N5O/c1-2-4-12-11(3-1)14-15-17(12)10-13-9-16-5-7-18-8-6-16/h1-4,9H,5-8,10H2. The molecule has 1 aromatic carbocycles. The average Bonchev–Trinajstić information content (AvgIpc) is 2.84. The van der Waals surface area contributed by atoms with Crippen LogP contribution >= 0.6 is 0 Å². The van der Waals surface area contributed by atoms with Crippen LogP contribution in [0.3, 0.4) is 0 Å². The summed E-state index contributed by atoms with van der Waals surface area (Å²) in [6.45, 7) is 3.86. The van der Waals surface area contributed by atoms with Crippen LogP contribution in [-0.4, -0.2) is 52.5 Å². The molecule has 1 saturated heterocycles. The second-order valence-electron chi connectivity index (χ2n) is 4.17. The van der Waals surface area contributed by atoms with Crippen molar-refractivity contribution in [1.29, 1.82) is 0 Å². The van der Waals surface area contributed by atoms with Crippen LogP contribution in [-0.2, 0) is 11.4 Å². The molecule has 2 aromatic rings. The van der Waals surface area contributed by atoms with Crippen LogP contribution in [0, 0.1) is 0 Å². The molecule has 3 rings (SSSR count). The van der Waals surface area contributed by atoms with Gasteiger partial charge in [-0.25, -0.2) is 4.68 Å². The summed E-state index contributed by atoms with van der Waals surface area (Å²) in [5.41, 5.74) is 1.91. The van der Waals surface area contributed by atoms with Crippen molar-refractivity contribution < 1.29 is 4.74 Å². The highest BCUT2D eigenvalue weighted by Gasteiger charge is 2.06. The third-order valence-corrected chi connectivity index (χ3v) is 2.93. The van der Waals surface area contributed by atoms with Crippen LogP contribution in [0.2, 0.25) is 0 Å². The molecule has 0 atom stereocenters. The Bertz CT molecular complexity index is 544. The molecule has 0 spiro atoms. The summed E-state index contributed by atoms with van der Waals surface area (Å²) in [7, 11) is 0. The zero-order chi connectivity index (χ0) is 12.2. The van der Waals surface area contributed by atoms with Gasteiger partial charge in [0.15, 0.2) is 0 Å². The van der Waals surface area contributed by atoms with Gasteiger partial charge in [-0.15, -0.1) is 5.10 Å². The molecular formula is C12H15N5O. The first kappa shape index (κ1) is 11.2. The van der Waals surface area contributed by atoms with E-state index >= 15 is 0 Å². The minimum absolute atomic E-state index is 0.498. The lowest BCUT2D eigenvalue weighted by molar-refractivity contribution is 0.0699. The van der Waals surface area contributed by atoms with E-state index in [2.05, 4.69) is 20.2 Å². The van der Waals surface area contributed by atoms with Crippen LogP contribution in [0.1, 0.15) is 0 Å². The topological polar surface area (TPSA) is 55.5 Å². The van der Waals surface area contributed by atoms with E-state index in [1.807, 2.05) is 30.6 Å². The summed E-state index contributed by atoms with van der Waals surface area (Å²) in [5, 5.41) is 8.18. The predicted octanol–water partition coefficient (Wildman–Crippen LogP) is 0.749. The molecule has 0 radical (unpaired) electrons. The predicted molar refractivity (Wildman–Crippen MR) is 68.4 cm³/mol. The van der Waals surface area contributed by atoms with Gasteiger partial charge in [-0.1, -0.05) is 17.3 Å². The number of para-hydroxylation sites is 1. The summed E-state index contributed by atoms with van der Waals surface area (Å²) in [6.07, 6.45) is 1.87. The second-order valence-corrected chi connectivity index (χ2v) is 4.17. The monoisotopic (exact) mass is 245 g/mol. The number of rotatable bonds is 3. The number of morpholine rings is 1. The molecule has 0 unspecified atom stereocenters. The third-order valence-electron chi connectivity index (χ3n) is 2.93. The molecule has 1 fully saturated rings. The molecule has 6 nitrogen and oxygen atoms in total. The Morgan fingerprint density at radius 2 is 2.11 bits per heavy atom. The third kappa shape index (κ3) is 2.33. The zero-order valence-electron chi connectivity index (χ0n) is 10.1. The maximum atomic E-state index is 5.28. The van der Waals surface area contributed by atoms with Gasteiger partial charge in [0.05, 0.1) is 25.1 Å². The fourth-order valence-electron chi connectivity index (χ4n) is 1.94. The molecule has 1 aliphatic rings. The van der Waals surface area contributed by atoms with E-state index in [9.17, 15) is 0 Å². The van der Waals surface area contributed by atoms with Crippen molar-refractivity contribution in [2.45, 2.75) is 6.67 Å². The SMILES string of the molecule is C(=NCn1nnc2ccccc21)N1CCOCC1. The van der Waals surface area contributed by atoms with Crippen LogP contribution in [0.4, 0.5) is 0 Å². The maximum absolute atomic E-state index is 5.28. The highest BCUT2D eigenvalue weighted by Crippen LogP contribution is 2.09. The van der Waals surface area contributed by atoms with Gasteiger partial charge in [-0.2, -0.15) is 0 Å². The van der Waals surface area contributed by atoms with E-state index in [0.29, 0.717) is 6.67 Å². The molecule has 0 amide bonds. The lowest BCUT2D eigenvalue weighted by Crippen LogP contribution is -2.35. The van der Waals surface area contributed by atoms with Gasteiger partial charge in [0.2, 0.25) is 0 Å². The molecule has 18 heavy (non-hydrogen) atoms. The number of fused-ring (bicyclic) bond motifs is 1. The molecular weight excluding hydrogens is 230 g/mol. The highest BCUT2D eigenvalue weighted by molar-refractivity contribution is 5.73. The number of nitrogens with zero attached hydrogens (tertiary/aromatic N) is 5. The van der Waals surface area contributed by atoms with Crippen molar-refractivity contribution in [3.63, 3.8) is 0 Å². The first-order valence-corrected chi connectivity index (χ1v) is 6.03. The Labute approximate surface area is 105 Å². The lowest BCUT2D eigenvalue weighted by Gasteiger charge is -2.24. The normalized spacial score (nSPS) is 16.8. The van der Waals surface area contributed by atoms with Gasteiger partial charge < -0.3 is 9.64 Å². The molecule has 0 aliphatic carbocycles. The Kier molecular flexibility index (Phi) is 3.18. The first-order chi connectivity index (χ1) is 8.93. The van der Waals surface area contributed by atoms with E-state index in [1.165, 1.54) is 0 Å². The number of hydrogen-bond acceptors (Lipinski definition) is 4. The molecule has 1 aliphatic heterocycles. The van der Waals surface area contributed by atoms with Crippen molar-refractivity contribution >= 4 is 17.4 Å². The Morgan fingerprint density at radius 3 is 3.00 bits per heavy atom. The average molecular weight is 245 g/mol. The van der Waals surface area contributed by atoms with Gasteiger partial charge in [0.25, 0.3) is 0 Å². The number of hydrogen-bond donors (Lipinski definition) is 0. The summed E-state index contributed by atoms with van der Waals surface area (Å²) < 4.78 is 7.08. The van der Waals surface area contributed by atoms with Crippen molar-refractivity contribution in [2.24, 2.45) is 4.99 Å². The second kappa shape index (κ2) is 5.14. The van der Waals surface area contributed by atoms with E-state index in [4.69, 9.17) is 4.74 Å². The number of benzene rings is 1. The fraction of sp³-hybridized carbons (Fsp3) is 0.417. The molecule has 0 N–H and O–H groups in total. The van der Waals surface area contributed by atoms with Gasteiger partial charge in [-0.05, 0) is 12.1 Å². The number of ether oxygens (including phenoxy) is 1. The largest absolute Gasteiger partial charge is 0.378 e. The molecule has 2 heterocycles. The first-order valence-electron chi connectivity index (χ1n) is 6.03. The summed E-state index contributed by atoms with van der Waals surface area (Å²) in [5.74, 6) is 0. The quantitative estimate of drug-likeness (QED) is 0.591. The van der Waals surface area contributed by atoms with E-state index in [1.54, 1.807) is 4.68 Å². The smallest absolute Gasteiger partial charge is 0.135 e. The summed E-state index contributed by atoms with van der Waals surface area (Å²) in [6, 6.07) is 7.89.